The highest BCUT2D eigenvalue weighted by Gasteiger charge is 2.53. The summed E-state index contributed by atoms with van der Waals surface area (Å²) in [5.74, 6) is 0.233. The van der Waals surface area contributed by atoms with Crippen LogP contribution in [0.4, 0.5) is 4.79 Å². The molecule has 1 heterocycles. The number of ether oxygens (including phenoxy) is 1. The monoisotopic (exact) mass is 561 g/mol. The predicted molar refractivity (Wildman–Crippen MR) is 158 cm³/mol. The average Bonchev–Trinajstić information content (AvgIpc) is 3.74. The number of nitrogens with two attached hydrogens (primary N) is 1. The van der Waals surface area contributed by atoms with Crippen molar-refractivity contribution in [1.29, 1.82) is 5.41 Å². The molecule has 41 heavy (non-hydrogen) atoms. The molecular formula is C32H43N5O4. The van der Waals surface area contributed by atoms with Gasteiger partial charge in [0.1, 0.15) is 5.54 Å². The minimum atomic E-state index is -0.994. The van der Waals surface area contributed by atoms with Gasteiger partial charge in [-0.1, -0.05) is 87.4 Å². The van der Waals surface area contributed by atoms with Gasteiger partial charge in [0.15, 0.2) is 5.96 Å². The van der Waals surface area contributed by atoms with Crippen LogP contribution in [0.5, 0.6) is 0 Å². The van der Waals surface area contributed by atoms with Crippen molar-refractivity contribution in [2.75, 3.05) is 13.7 Å². The fraction of sp³-hybridized carbons (Fsp3) is 0.500. The van der Waals surface area contributed by atoms with Crippen molar-refractivity contribution < 1.29 is 19.1 Å². The number of guanidine groups is 1. The molecule has 0 bridgehead atoms. The molecule has 2 aromatic carbocycles. The molecule has 3 amide bonds. The Labute approximate surface area is 242 Å². The number of carbonyl (C=O) groups is 3. The third-order valence-electron chi connectivity index (χ3n) is 8.00. The van der Waals surface area contributed by atoms with Gasteiger partial charge in [0.2, 0.25) is 5.91 Å². The Balaban J connectivity index is 1.49. The third kappa shape index (κ3) is 7.14. The van der Waals surface area contributed by atoms with Gasteiger partial charge in [0, 0.05) is 12.6 Å². The molecule has 1 aliphatic heterocycles. The summed E-state index contributed by atoms with van der Waals surface area (Å²) in [4.78, 5) is 42.7. The topological polar surface area (TPSA) is 129 Å². The SMILES string of the molecule is COC(=O)N(CCCC(CC1CC1)N1C(=N)NC(CC(C)C)(c2ccccc2)C1=O)C(=O)[C@@H](N)Cc1ccccc1. The minimum absolute atomic E-state index is 0.107. The number of hydrogen-bond donors (Lipinski definition) is 3. The maximum atomic E-state index is 14.2. The Morgan fingerprint density at radius 1 is 1.12 bits per heavy atom. The van der Waals surface area contributed by atoms with E-state index in [0.717, 1.165) is 35.3 Å². The van der Waals surface area contributed by atoms with Crippen LogP contribution in [0.25, 0.3) is 0 Å². The second-order valence-corrected chi connectivity index (χ2v) is 11.7. The van der Waals surface area contributed by atoms with E-state index in [1.165, 1.54) is 7.11 Å². The number of rotatable bonds is 13. The Morgan fingerprint density at radius 2 is 1.76 bits per heavy atom. The molecule has 4 rings (SSSR count). The van der Waals surface area contributed by atoms with E-state index in [4.69, 9.17) is 15.9 Å². The van der Waals surface area contributed by atoms with Crippen LogP contribution >= 0.6 is 0 Å². The molecule has 9 heteroatoms. The van der Waals surface area contributed by atoms with Gasteiger partial charge >= 0.3 is 6.09 Å². The molecule has 1 saturated carbocycles. The molecule has 1 aliphatic carbocycles. The Bertz CT molecular complexity index is 1220. The van der Waals surface area contributed by atoms with Crippen molar-refractivity contribution in [2.24, 2.45) is 17.6 Å². The maximum Gasteiger partial charge on any atom is 0.416 e. The standard InChI is InChI=1S/C32H43N5O4/c1-22(2)21-32(25-13-8-5-9-14-25)29(39)37(30(34)35-32)26(19-24-16-17-24)15-10-18-36(31(40)41-3)28(38)27(33)20-23-11-6-4-7-12-23/h4-9,11-14,22,24,26-27H,10,15-21,33H2,1-3H3,(H2,34,35)/t26?,27-,32?/m0/s1. The van der Waals surface area contributed by atoms with Crippen LogP contribution in [0.15, 0.2) is 60.7 Å². The lowest BCUT2D eigenvalue weighted by Crippen LogP contribution is -2.49. The van der Waals surface area contributed by atoms with Gasteiger partial charge in [-0.05, 0) is 55.1 Å². The van der Waals surface area contributed by atoms with E-state index < -0.39 is 23.6 Å². The molecular weight excluding hydrogens is 518 g/mol. The normalized spacial score (nSPS) is 20.1. The second kappa shape index (κ2) is 13.3. The second-order valence-electron chi connectivity index (χ2n) is 11.7. The number of methoxy groups -OCH3 is 1. The van der Waals surface area contributed by atoms with E-state index in [1.54, 1.807) is 4.90 Å². The summed E-state index contributed by atoms with van der Waals surface area (Å²) in [5, 5.41) is 12.1. The molecule has 1 saturated heterocycles. The Kier molecular flexibility index (Phi) is 9.81. The molecule has 220 valence electrons. The van der Waals surface area contributed by atoms with Gasteiger partial charge in [-0.15, -0.1) is 0 Å². The molecule has 4 N–H and O–H groups in total. The van der Waals surface area contributed by atoms with Crippen LogP contribution in [-0.4, -0.2) is 59.4 Å². The van der Waals surface area contributed by atoms with Crippen LogP contribution in [0.1, 0.15) is 63.5 Å². The summed E-state index contributed by atoms with van der Waals surface area (Å²) in [6.45, 7) is 4.27. The lowest BCUT2D eigenvalue weighted by molar-refractivity contribution is -0.134. The molecule has 0 aromatic heterocycles. The smallest absolute Gasteiger partial charge is 0.416 e. The molecule has 3 atom stereocenters. The predicted octanol–water partition coefficient (Wildman–Crippen LogP) is 4.41. The van der Waals surface area contributed by atoms with E-state index in [-0.39, 0.29) is 30.4 Å². The van der Waals surface area contributed by atoms with Crippen molar-refractivity contribution in [1.82, 2.24) is 15.1 Å². The molecule has 2 unspecified atom stereocenters. The van der Waals surface area contributed by atoms with E-state index in [1.807, 2.05) is 60.7 Å². The lowest BCUT2D eigenvalue weighted by atomic mass is 9.82. The van der Waals surface area contributed by atoms with Gasteiger partial charge in [0.25, 0.3) is 5.91 Å². The average molecular weight is 562 g/mol. The number of nitrogens with zero attached hydrogens (tertiary/aromatic N) is 2. The Morgan fingerprint density at radius 3 is 2.34 bits per heavy atom. The maximum absolute atomic E-state index is 14.2. The first-order valence-corrected chi connectivity index (χ1v) is 14.6. The molecule has 0 radical (unpaired) electrons. The highest BCUT2D eigenvalue weighted by molar-refractivity contribution is 6.08. The molecule has 0 spiro atoms. The highest BCUT2D eigenvalue weighted by Crippen LogP contribution is 2.40. The zero-order valence-electron chi connectivity index (χ0n) is 24.3. The quantitative estimate of drug-likeness (QED) is 0.332. The summed E-state index contributed by atoms with van der Waals surface area (Å²) in [5.41, 5.74) is 6.99. The van der Waals surface area contributed by atoms with E-state index in [9.17, 15) is 14.4 Å². The number of benzene rings is 2. The fourth-order valence-corrected chi connectivity index (χ4v) is 5.89. The van der Waals surface area contributed by atoms with Gasteiger partial charge in [-0.3, -0.25) is 19.9 Å². The zero-order chi connectivity index (χ0) is 29.6. The van der Waals surface area contributed by atoms with Crippen LogP contribution < -0.4 is 11.1 Å². The number of hydrogen-bond acceptors (Lipinski definition) is 6. The van der Waals surface area contributed by atoms with Gasteiger partial charge < -0.3 is 15.8 Å². The van der Waals surface area contributed by atoms with Crippen LogP contribution in [0.2, 0.25) is 0 Å². The summed E-state index contributed by atoms with van der Waals surface area (Å²) in [6, 6.07) is 18.0. The molecule has 2 aliphatic rings. The first-order valence-electron chi connectivity index (χ1n) is 14.6. The first-order chi connectivity index (χ1) is 19.7. The first kappa shape index (κ1) is 30.2. The minimum Gasteiger partial charge on any atom is -0.452 e. The third-order valence-corrected chi connectivity index (χ3v) is 8.00. The van der Waals surface area contributed by atoms with Crippen molar-refractivity contribution >= 4 is 23.9 Å². The summed E-state index contributed by atoms with van der Waals surface area (Å²) < 4.78 is 4.92. The van der Waals surface area contributed by atoms with Crippen LogP contribution in [-0.2, 0) is 26.3 Å². The van der Waals surface area contributed by atoms with E-state index in [2.05, 4.69) is 19.2 Å². The summed E-state index contributed by atoms with van der Waals surface area (Å²) >= 11 is 0. The van der Waals surface area contributed by atoms with Crippen molar-refractivity contribution in [3.8, 4) is 0 Å². The van der Waals surface area contributed by atoms with Crippen molar-refractivity contribution in [2.45, 2.75) is 76.4 Å². The van der Waals surface area contributed by atoms with Crippen LogP contribution in [0, 0.1) is 17.2 Å². The van der Waals surface area contributed by atoms with Crippen LogP contribution in [0.3, 0.4) is 0 Å². The fourth-order valence-electron chi connectivity index (χ4n) is 5.89. The number of amides is 3. The largest absolute Gasteiger partial charge is 0.452 e. The van der Waals surface area contributed by atoms with Gasteiger partial charge in [-0.2, -0.15) is 0 Å². The van der Waals surface area contributed by atoms with Gasteiger partial charge in [0.05, 0.1) is 13.2 Å². The Hall–Kier alpha value is -3.72. The molecule has 2 aromatic rings. The van der Waals surface area contributed by atoms with Gasteiger partial charge in [-0.25, -0.2) is 9.69 Å². The highest BCUT2D eigenvalue weighted by atomic mass is 16.5. The number of nitrogens with one attached hydrogen (secondary N) is 2. The lowest BCUT2D eigenvalue weighted by Gasteiger charge is -2.32. The molecule has 9 nitrogen and oxygen atoms in total. The van der Waals surface area contributed by atoms with Crippen molar-refractivity contribution in [3.63, 3.8) is 0 Å². The van der Waals surface area contributed by atoms with E-state index >= 15 is 0 Å². The summed E-state index contributed by atoms with van der Waals surface area (Å²) in [7, 11) is 1.25. The zero-order valence-corrected chi connectivity index (χ0v) is 24.3. The molecule has 2 fully saturated rings. The number of imide groups is 1. The number of carbonyl (C=O) groups excluding carboxylic acids is 3. The summed E-state index contributed by atoms with van der Waals surface area (Å²) in [6.07, 6.45) is 4.11. The van der Waals surface area contributed by atoms with Crippen molar-refractivity contribution in [3.05, 3.63) is 71.8 Å². The van der Waals surface area contributed by atoms with E-state index in [0.29, 0.717) is 31.6 Å².